The molecule has 0 spiro atoms. The molecule has 0 atom stereocenters. The summed E-state index contributed by atoms with van der Waals surface area (Å²) >= 11 is 0. The van der Waals surface area contributed by atoms with Crippen molar-refractivity contribution in [1.82, 2.24) is 0 Å². The second-order valence-electron chi connectivity index (χ2n) is 12.8. The van der Waals surface area contributed by atoms with Gasteiger partial charge in [-0.15, -0.1) is 0 Å². The first-order valence-corrected chi connectivity index (χ1v) is 16.8. The fourth-order valence-corrected chi connectivity index (χ4v) is 7.85. The monoisotopic (exact) mass is 622 g/mol. The van der Waals surface area contributed by atoms with Crippen molar-refractivity contribution >= 4 is 54.3 Å². The van der Waals surface area contributed by atoms with Gasteiger partial charge in [-0.05, 0) is 89.6 Å². The number of hydrogen-bond donors (Lipinski definition) is 0. The molecule has 0 unspecified atom stereocenters. The molecule has 10 rings (SSSR count). The van der Waals surface area contributed by atoms with E-state index < -0.39 is 0 Å². The summed E-state index contributed by atoms with van der Waals surface area (Å²) < 4.78 is 6.55. The van der Waals surface area contributed by atoms with Gasteiger partial charge in [0.1, 0.15) is 11.2 Å². The summed E-state index contributed by atoms with van der Waals surface area (Å²) in [5.74, 6) is 0. The molecule has 228 valence electrons. The molecule has 0 saturated carbocycles. The van der Waals surface area contributed by atoms with Crippen LogP contribution in [-0.4, -0.2) is 0 Å². The van der Waals surface area contributed by atoms with Crippen molar-refractivity contribution in [3.63, 3.8) is 0 Å². The van der Waals surface area contributed by atoms with Crippen LogP contribution in [0.3, 0.4) is 0 Å². The highest BCUT2D eigenvalue weighted by molar-refractivity contribution is 6.22. The average Bonchev–Trinajstić information content (AvgIpc) is 3.57. The maximum atomic E-state index is 6.55. The van der Waals surface area contributed by atoms with Gasteiger partial charge in [-0.25, -0.2) is 0 Å². The van der Waals surface area contributed by atoms with E-state index in [0.29, 0.717) is 0 Å². The Balaban J connectivity index is 1.18. The lowest BCUT2D eigenvalue weighted by Gasteiger charge is -2.18. The number of furan rings is 1. The highest BCUT2D eigenvalue weighted by Crippen LogP contribution is 2.45. The topological polar surface area (TPSA) is 13.1 Å². The van der Waals surface area contributed by atoms with Crippen LogP contribution in [-0.2, 0) is 0 Å². The first-order chi connectivity index (χ1) is 24.3. The number of fused-ring (bicyclic) bond motifs is 7. The molecule has 0 amide bonds. The van der Waals surface area contributed by atoms with Crippen molar-refractivity contribution < 1.29 is 4.42 Å². The molecule has 0 fully saturated rings. The van der Waals surface area contributed by atoms with Gasteiger partial charge < -0.3 is 4.42 Å². The van der Waals surface area contributed by atoms with Crippen molar-refractivity contribution in [1.29, 1.82) is 0 Å². The summed E-state index contributed by atoms with van der Waals surface area (Å²) in [5, 5.41) is 9.64. The van der Waals surface area contributed by atoms with E-state index in [1.165, 1.54) is 71.4 Å². The molecule has 1 heterocycles. The molecule has 1 heteroatoms. The van der Waals surface area contributed by atoms with Crippen LogP contribution in [0, 0.1) is 0 Å². The lowest BCUT2D eigenvalue weighted by molar-refractivity contribution is 0.673. The summed E-state index contributed by atoms with van der Waals surface area (Å²) in [6.07, 6.45) is 0. The standard InChI is InChI=1S/C48H30O/c1-2-12-31(13-3-1)32-24-26-34(27-25-32)45-39-18-6-8-20-41(39)46(42-21-9-7-19-40(42)45)36-16-10-15-35(30-36)37-22-11-23-44-47(37)43-29-28-33-14-4-5-17-38(33)48(43)49-44/h1-30H. The fraction of sp³-hybridized carbons (Fsp3) is 0. The Bertz CT molecular complexity index is 2800. The van der Waals surface area contributed by atoms with Gasteiger partial charge in [0.15, 0.2) is 0 Å². The normalized spacial score (nSPS) is 11.7. The highest BCUT2D eigenvalue weighted by atomic mass is 16.3. The molecule has 0 aliphatic heterocycles. The molecule has 1 nitrogen and oxygen atoms in total. The van der Waals surface area contributed by atoms with Crippen LogP contribution in [0.15, 0.2) is 186 Å². The van der Waals surface area contributed by atoms with Crippen LogP contribution in [0.1, 0.15) is 0 Å². The zero-order valence-corrected chi connectivity index (χ0v) is 26.7. The van der Waals surface area contributed by atoms with Crippen LogP contribution in [0.2, 0.25) is 0 Å². The summed E-state index contributed by atoms with van der Waals surface area (Å²) in [5.41, 5.74) is 11.6. The largest absolute Gasteiger partial charge is 0.455 e. The van der Waals surface area contributed by atoms with E-state index in [2.05, 4.69) is 182 Å². The third-order valence-corrected chi connectivity index (χ3v) is 10.1. The summed E-state index contributed by atoms with van der Waals surface area (Å²) in [7, 11) is 0. The fourth-order valence-electron chi connectivity index (χ4n) is 7.85. The van der Waals surface area contributed by atoms with E-state index in [9.17, 15) is 0 Å². The summed E-state index contributed by atoms with van der Waals surface area (Å²) in [6.45, 7) is 0. The molecule has 9 aromatic carbocycles. The van der Waals surface area contributed by atoms with Crippen LogP contribution in [0.4, 0.5) is 0 Å². The van der Waals surface area contributed by atoms with Gasteiger partial charge in [-0.2, -0.15) is 0 Å². The van der Waals surface area contributed by atoms with Crippen LogP contribution >= 0.6 is 0 Å². The van der Waals surface area contributed by atoms with E-state index in [4.69, 9.17) is 4.42 Å². The van der Waals surface area contributed by atoms with Gasteiger partial charge in [0, 0.05) is 16.2 Å². The number of benzene rings is 9. The third kappa shape index (κ3) is 4.40. The van der Waals surface area contributed by atoms with Gasteiger partial charge in [-0.1, -0.05) is 164 Å². The molecule has 0 aliphatic rings. The lowest BCUT2D eigenvalue weighted by atomic mass is 9.85. The van der Waals surface area contributed by atoms with E-state index in [1.54, 1.807) is 0 Å². The first-order valence-electron chi connectivity index (χ1n) is 16.8. The first kappa shape index (κ1) is 27.7. The van der Waals surface area contributed by atoms with Gasteiger partial charge in [0.2, 0.25) is 0 Å². The molecule has 0 radical (unpaired) electrons. The van der Waals surface area contributed by atoms with E-state index in [-0.39, 0.29) is 0 Å². The molecule has 0 N–H and O–H groups in total. The second kappa shape index (κ2) is 11.1. The minimum atomic E-state index is 0.910. The molecule has 0 saturated heterocycles. The molecule has 0 bridgehead atoms. The lowest BCUT2D eigenvalue weighted by Crippen LogP contribution is -1.91. The van der Waals surface area contributed by atoms with Gasteiger partial charge in [-0.3, -0.25) is 0 Å². The van der Waals surface area contributed by atoms with Crippen molar-refractivity contribution in [3.8, 4) is 44.5 Å². The van der Waals surface area contributed by atoms with Crippen molar-refractivity contribution in [2.75, 3.05) is 0 Å². The SMILES string of the molecule is c1ccc(-c2ccc(-c3c4ccccc4c(-c4cccc(-c5cccc6oc7c8ccccc8ccc7c56)c4)c4ccccc34)cc2)cc1. The Morgan fingerprint density at radius 2 is 0.837 bits per heavy atom. The van der Waals surface area contributed by atoms with Crippen LogP contribution in [0.5, 0.6) is 0 Å². The Morgan fingerprint density at radius 3 is 1.55 bits per heavy atom. The maximum absolute atomic E-state index is 6.55. The Labute approximate surface area is 284 Å². The third-order valence-electron chi connectivity index (χ3n) is 10.1. The second-order valence-corrected chi connectivity index (χ2v) is 12.8. The molecule has 49 heavy (non-hydrogen) atoms. The molecule has 1 aromatic heterocycles. The zero-order valence-electron chi connectivity index (χ0n) is 26.7. The molecule has 10 aromatic rings. The van der Waals surface area contributed by atoms with Crippen molar-refractivity contribution in [3.05, 3.63) is 182 Å². The number of rotatable bonds is 4. The minimum absolute atomic E-state index is 0.910. The van der Waals surface area contributed by atoms with Gasteiger partial charge in [0.05, 0.1) is 0 Å². The van der Waals surface area contributed by atoms with Crippen LogP contribution < -0.4 is 0 Å². The summed E-state index contributed by atoms with van der Waals surface area (Å²) in [4.78, 5) is 0. The van der Waals surface area contributed by atoms with Gasteiger partial charge in [0.25, 0.3) is 0 Å². The zero-order chi connectivity index (χ0) is 32.3. The quantitative estimate of drug-likeness (QED) is 0.178. The van der Waals surface area contributed by atoms with Crippen molar-refractivity contribution in [2.45, 2.75) is 0 Å². The Morgan fingerprint density at radius 1 is 0.306 bits per heavy atom. The van der Waals surface area contributed by atoms with E-state index >= 15 is 0 Å². The highest BCUT2D eigenvalue weighted by Gasteiger charge is 2.19. The maximum Gasteiger partial charge on any atom is 0.143 e. The summed E-state index contributed by atoms with van der Waals surface area (Å²) in [6, 6.07) is 65.7. The van der Waals surface area contributed by atoms with Crippen molar-refractivity contribution in [2.24, 2.45) is 0 Å². The predicted molar refractivity (Wildman–Crippen MR) is 208 cm³/mol. The predicted octanol–water partition coefficient (Wildman–Crippen LogP) is 13.7. The van der Waals surface area contributed by atoms with Gasteiger partial charge >= 0.3 is 0 Å². The molecular weight excluding hydrogens is 593 g/mol. The van der Waals surface area contributed by atoms with Crippen LogP contribution in [0.25, 0.3) is 98.8 Å². The molecule has 0 aliphatic carbocycles. The van der Waals surface area contributed by atoms with E-state index in [1.807, 2.05) is 0 Å². The number of hydrogen-bond acceptors (Lipinski definition) is 1. The Kier molecular flexibility index (Phi) is 6.25. The average molecular weight is 623 g/mol. The Hall–Kier alpha value is -6.44. The minimum Gasteiger partial charge on any atom is -0.455 e. The smallest absolute Gasteiger partial charge is 0.143 e. The van der Waals surface area contributed by atoms with E-state index in [0.717, 1.165) is 27.3 Å². The molecular formula is C48H30O.